The van der Waals surface area contributed by atoms with Gasteiger partial charge in [0.2, 0.25) is 0 Å². The highest BCUT2D eigenvalue weighted by atomic mass is 19.3. The van der Waals surface area contributed by atoms with E-state index in [0.29, 0.717) is 12.0 Å². The number of nitrogens with zero attached hydrogens (tertiary/aromatic N) is 1. The Kier molecular flexibility index (Phi) is 5.32. The van der Waals surface area contributed by atoms with E-state index in [-0.39, 0.29) is 12.1 Å². The van der Waals surface area contributed by atoms with Crippen LogP contribution in [0.1, 0.15) is 40.5 Å². The first-order chi connectivity index (χ1) is 7.87. The SMILES string of the molecule is CCC1(C)CNC(CC(C)C)CN1CC(F)F. The summed E-state index contributed by atoms with van der Waals surface area (Å²) in [5.74, 6) is 0.604. The topological polar surface area (TPSA) is 15.3 Å². The fraction of sp³-hybridized carbons (Fsp3) is 1.00. The lowest BCUT2D eigenvalue weighted by molar-refractivity contribution is -0.00584. The Hall–Kier alpha value is -0.220. The molecule has 0 aromatic heterocycles. The van der Waals surface area contributed by atoms with Crippen molar-refractivity contribution in [2.45, 2.75) is 58.5 Å². The lowest BCUT2D eigenvalue weighted by Gasteiger charge is -2.48. The molecular formula is C13H26F2N2. The molecule has 0 amide bonds. The van der Waals surface area contributed by atoms with Crippen molar-refractivity contribution in [1.82, 2.24) is 10.2 Å². The average Bonchev–Trinajstić information content (AvgIpc) is 2.22. The summed E-state index contributed by atoms with van der Waals surface area (Å²) in [5, 5.41) is 3.51. The Balaban J connectivity index is 2.63. The number of nitrogens with one attached hydrogen (secondary N) is 1. The quantitative estimate of drug-likeness (QED) is 0.805. The second-order valence-electron chi connectivity index (χ2n) is 5.85. The molecule has 2 unspecified atom stereocenters. The zero-order valence-corrected chi connectivity index (χ0v) is 11.5. The minimum atomic E-state index is -2.24. The van der Waals surface area contributed by atoms with Gasteiger partial charge < -0.3 is 5.32 Å². The molecule has 1 aliphatic rings. The van der Waals surface area contributed by atoms with Gasteiger partial charge in [-0.05, 0) is 25.7 Å². The number of halogens is 2. The minimum Gasteiger partial charge on any atom is -0.311 e. The summed E-state index contributed by atoms with van der Waals surface area (Å²) in [6.07, 6.45) is -0.278. The molecule has 1 fully saturated rings. The molecule has 1 N–H and O–H groups in total. The maximum absolute atomic E-state index is 12.6. The minimum absolute atomic E-state index is 0.0966. The molecule has 4 heteroatoms. The van der Waals surface area contributed by atoms with E-state index in [0.717, 1.165) is 25.9 Å². The molecule has 1 heterocycles. The highest BCUT2D eigenvalue weighted by Crippen LogP contribution is 2.25. The van der Waals surface area contributed by atoms with Gasteiger partial charge in [0.05, 0.1) is 6.54 Å². The number of hydrogen-bond donors (Lipinski definition) is 1. The molecule has 2 nitrogen and oxygen atoms in total. The summed E-state index contributed by atoms with van der Waals surface area (Å²) >= 11 is 0. The van der Waals surface area contributed by atoms with Crippen molar-refractivity contribution in [3.63, 3.8) is 0 Å². The zero-order chi connectivity index (χ0) is 13.1. The normalized spacial score (nSPS) is 31.4. The highest BCUT2D eigenvalue weighted by Gasteiger charge is 2.37. The van der Waals surface area contributed by atoms with Gasteiger partial charge in [-0.3, -0.25) is 4.90 Å². The van der Waals surface area contributed by atoms with E-state index in [1.54, 1.807) is 0 Å². The number of hydrogen-bond acceptors (Lipinski definition) is 2. The monoisotopic (exact) mass is 248 g/mol. The van der Waals surface area contributed by atoms with Crippen molar-refractivity contribution in [3.8, 4) is 0 Å². The molecule has 1 rings (SSSR count). The maximum Gasteiger partial charge on any atom is 0.251 e. The lowest BCUT2D eigenvalue weighted by atomic mass is 9.90. The van der Waals surface area contributed by atoms with E-state index in [4.69, 9.17) is 0 Å². The number of rotatable bonds is 5. The lowest BCUT2D eigenvalue weighted by Crippen LogP contribution is -2.64. The Morgan fingerprint density at radius 2 is 2.06 bits per heavy atom. The van der Waals surface area contributed by atoms with Gasteiger partial charge in [0, 0.05) is 24.7 Å². The Morgan fingerprint density at radius 3 is 2.53 bits per heavy atom. The molecule has 102 valence electrons. The van der Waals surface area contributed by atoms with Crippen molar-refractivity contribution in [2.75, 3.05) is 19.6 Å². The van der Waals surface area contributed by atoms with Gasteiger partial charge in [0.1, 0.15) is 0 Å². The first-order valence-electron chi connectivity index (χ1n) is 6.64. The highest BCUT2D eigenvalue weighted by molar-refractivity contribution is 4.95. The maximum atomic E-state index is 12.6. The molecule has 0 aliphatic carbocycles. The van der Waals surface area contributed by atoms with E-state index in [2.05, 4.69) is 33.0 Å². The van der Waals surface area contributed by atoms with Crippen LogP contribution in [0, 0.1) is 5.92 Å². The van der Waals surface area contributed by atoms with Crippen molar-refractivity contribution in [1.29, 1.82) is 0 Å². The third-order valence-electron chi connectivity index (χ3n) is 3.85. The second kappa shape index (κ2) is 6.10. The van der Waals surface area contributed by atoms with Crippen molar-refractivity contribution in [2.24, 2.45) is 5.92 Å². The van der Waals surface area contributed by atoms with E-state index in [1.165, 1.54) is 0 Å². The van der Waals surface area contributed by atoms with Crippen LogP contribution in [0.2, 0.25) is 0 Å². The summed E-state index contributed by atoms with van der Waals surface area (Å²) in [4.78, 5) is 1.97. The molecule has 0 aromatic rings. The average molecular weight is 248 g/mol. The Morgan fingerprint density at radius 1 is 1.41 bits per heavy atom. The third-order valence-corrected chi connectivity index (χ3v) is 3.85. The number of alkyl halides is 2. The molecule has 0 saturated carbocycles. The fourth-order valence-electron chi connectivity index (χ4n) is 2.56. The van der Waals surface area contributed by atoms with Gasteiger partial charge in [0.25, 0.3) is 6.43 Å². The molecular weight excluding hydrogens is 222 g/mol. The van der Waals surface area contributed by atoms with Crippen LogP contribution >= 0.6 is 0 Å². The Bertz CT molecular complexity index is 233. The molecule has 0 bridgehead atoms. The van der Waals surface area contributed by atoms with Crippen molar-refractivity contribution >= 4 is 0 Å². The zero-order valence-electron chi connectivity index (χ0n) is 11.5. The summed E-state index contributed by atoms with van der Waals surface area (Å²) in [5.41, 5.74) is -0.121. The van der Waals surface area contributed by atoms with Gasteiger partial charge in [-0.2, -0.15) is 0 Å². The van der Waals surface area contributed by atoms with Crippen LogP contribution in [0.3, 0.4) is 0 Å². The third kappa shape index (κ3) is 4.18. The Labute approximate surface area is 104 Å². The molecule has 1 saturated heterocycles. The van der Waals surface area contributed by atoms with Crippen LogP contribution in [0.25, 0.3) is 0 Å². The summed E-state index contributed by atoms with van der Waals surface area (Å²) in [6, 6.07) is 0.355. The van der Waals surface area contributed by atoms with Crippen LogP contribution in [0.5, 0.6) is 0 Å². The molecule has 0 radical (unpaired) electrons. The number of piperazine rings is 1. The summed E-state index contributed by atoms with van der Waals surface area (Å²) in [7, 11) is 0. The molecule has 1 aliphatic heterocycles. The van der Waals surface area contributed by atoms with Gasteiger partial charge >= 0.3 is 0 Å². The smallest absolute Gasteiger partial charge is 0.251 e. The van der Waals surface area contributed by atoms with E-state index >= 15 is 0 Å². The van der Waals surface area contributed by atoms with Gasteiger partial charge in [-0.25, -0.2) is 8.78 Å². The van der Waals surface area contributed by atoms with Gasteiger partial charge in [-0.15, -0.1) is 0 Å². The van der Waals surface area contributed by atoms with E-state index in [9.17, 15) is 8.78 Å². The summed E-state index contributed by atoms with van der Waals surface area (Å²) < 4.78 is 25.3. The van der Waals surface area contributed by atoms with Gasteiger partial charge in [-0.1, -0.05) is 20.8 Å². The van der Waals surface area contributed by atoms with Crippen LogP contribution in [-0.4, -0.2) is 42.5 Å². The fourth-order valence-corrected chi connectivity index (χ4v) is 2.56. The molecule has 0 spiro atoms. The van der Waals surface area contributed by atoms with Crippen LogP contribution in [0.4, 0.5) is 8.78 Å². The molecule has 17 heavy (non-hydrogen) atoms. The van der Waals surface area contributed by atoms with Crippen LogP contribution < -0.4 is 5.32 Å². The van der Waals surface area contributed by atoms with Gasteiger partial charge in [0.15, 0.2) is 0 Å². The van der Waals surface area contributed by atoms with E-state index < -0.39 is 6.43 Å². The summed E-state index contributed by atoms with van der Waals surface area (Å²) in [6.45, 7) is 9.96. The second-order valence-corrected chi connectivity index (χ2v) is 5.85. The van der Waals surface area contributed by atoms with Crippen LogP contribution in [-0.2, 0) is 0 Å². The first-order valence-corrected chi connectivity index (χ1v) is 6.64. The van der Waals surface area contributed by atoms with Crippen LogP contribution in [0.15, 0.2) is 0 Å². The van der Waals surface area contributed by atoms with Crippen molar-refractivity contribution < 1.29 is 8.78 Å². The van der Waals surface area contributed by atoms with E-state index in [1.807, 2.05) is 4.90 Å². The predicted molar refractivity (Wildman–Crippen MR) is 67.5 cm³/mol. The molecule has 0 aromatic carbocycles. The largest absolute Gasteiger partial charge is 0.311 e. The molecule has 2 atom stereocenters. The predicted octanol–water partition coefficient (Wildman–Crippen LogP) is 2.74. The van der Waals surface area contributed by atoms with Crippen molar-refractivity contribution in [3.05, 3.63) is 0 Å². The standard InChI is InChI=1S/C13H26F2N2/c1-5-13(4)9-16-11(6-10(2)3)7-17(13)8-12(14)15/h10-12,16H,5-9H2,1-4H3. The first kappa shape index (κ1) is 14.8.